The highest BCUT2D eigenvalue weighted by Gasteiger charge is 2.36. The maximum atomic E-state index is 13.4. The van der Waals surface area contributed by atoms with Gasteiger partial charge in [-0.25, -0.2) is 8.42 Å². The highest BCUT2D eigenvalue weighted by atomic mass is 32.2. The Hall–Kier alpha value is -2.38. The van der Waals surface area contributed by atoms with E-state index in [1.165, 1.54) is 4.31 Å². The first-order valence-corrected chi connectivity index (χ1v) is 9.85. The van der Waals surface area contributed by atoms with Crippen molar-refractivity contribution in [3.63, 3.8) is 0 Å². The van der Waals surface area contributed by atoms with E-state index in [9.17, 15) is 13.2 Å². The van der Waals surface area contributed by atoms with Gasteiger partial charge in [-0.3, -0.25) is 4.79 Å². The van der Waals surface area contributed by atoms with Crippen molar-refractivity contribution in [1.82, 2.24) is 9.62 Å². The Morgan fingerprint density at radius 3 is 2.54 bits per heavy atom. The van der Waals surface area contributed by atoms with Gasteiger partial charge in [-0.15, -0.1) is 0 Å². The van der Waals surface area contributed by atoms with Gasteiger partial charge in [-0.2, -0.15) is 4.31 Å². The Morgan fingerprint density at radius 2 is 1.88 bits per heavy atom. The van der Waals surface area contributed by atoms with Crippen molar-refractivity contribution in [3.8, 4) is 5.75 Å². The molecule has 26 heavy (non-hydrogen) atoms. The van der Waals surface area contributed by atoms with Crippen LogP contribution in [0.25, 0.3) is 0 Å². The van der Waals surface area contributed by atoms with E-state index in [1.54, 1.807) is 32.2 Å². The van der Waals surface area contributed by atoms with Crippen LogP contribution in [0.15, 0.2) is 53.4 Å². The Balaban J connectivity index is 2.06. The maximum absolute atomic E-state index is 13.4. The lowest BCUT2D eigenvalue weighted by Crippen LogP contribution is -2.36. The zero-order valence-electron chi connectivity index (χ0n) is 14.8. The van der Waals surface area contributed by atoms with Gasteiger partial charge in [-0.1, -0.05) is 30.3 Å². The Kier molecular flexibility index (Phi) is 5.29. The fourth-order valence-electron chi connectivity index (χ4n) is 3.22. The Bertz CT molecular complexity index is 897. The molecule has 1 N–H and O–H groups in total. The van der Waals surface area contributed by atoms with Crippen LogP contribution < -0.4 is 10.1 Å². The second-order valence-electron chi connectivity index (χ2n) is 6.23. The van der Waals surface area contributed by atoms with Gasteiger partial charge in [0.15, 0.2) is 0 Å². The molecule has 0 aliphatic carbocycles. The van der Waals surface area contributed by atoms with Crippen molar-refractivity contribution in [2.75, 3.05) is 20.2 Å². The van der Waals surface area contributed by atoms with Gasteiger partial charge >= 0.3 is 0 Å². The molecule has 3 rings (SSSR count). The number of amides is 1. The average molecular weight is 374 g/mol. The summed E-state index contributed by atoms with van der Waals surface area (Å²) in [5, 5.41) is 2.77. The largest absolute Gasteiger partial charge is 0.497 e. The van der Waals surface area contributed by atoms with E-state index < -0.39 is 16.1 Å². The van der Waals surface area contributed by atoms with Gasteiger partial charge in [0.25, 0.3) is 0 Å². The predicted octanol–water partition coefficient (Wildman–Crippen LogP) is 2.26. The average Bonchev–Trinajstić information content (AvgIpc) is 2.84. The summed E-state index contributed by atoms with van der Waals surface area (Å²) in [5.41, 5.74) is 1.42. The second kappa shape index (κ2) is 7.47. The highest BCUT2D eigenvalue weighted by molar-refractivity contribution is 7.89. The molecule has 2 aromatic rings. The summed E-state index contributed by atoms with van der Waals surface area (Å²) in [4.78, 5) is 12.3. The minimum absolute atomic E-state index is 0.0957. The first kappa shape index (κ1) is 18.4. The summed E-state index contributed by atoms with van der Waals surface area (Å²) in [6.07, 6.45) is 0.0957. The summed E-state index contributed by atoms with van der Waals surface area (Å²) in [7, 11) is -2.23. The van der Waals surface area contributed by atoms with E-state index in [1.807, 2.05) is 30.3 Å². The minimum Gasteiger partial charge on any atom is -0.497 e. The van der Waals surface area contributed by atoms with E-state index in [4.69, 9.17) is 4.74 Å². The van der Waals surface area contributed by atoms with Gasteiger partial charge in [0.1, 0.15) is 5.75 Å². The predicted molar refractivity (Wildman–Crippen MR) is 98.4 cm³/mol. The number of nitrogens with one attached hydrogen (secondary N) is 1. The molecule has 0 radical (unpaired) electrons. The minimum atomic E-state index is -3.78. The molecule has 138 valence electrons. The maximum Gasteiger partial charge on any atom is 0.243 e. The SMILES string of the molecule is COc1ccc(S(=O)(=O)N2CCNC(=O)CC2c2ccccc2)c(C)c1. The fourth-order valence-corrected chi connectivity index (χ4v) is 5.04. The number of aryl methyl sites for hydroxylation is 1. The number of sulfonamides is 1. The lowest BCUT2D eigenvalue weighted by Gasteiger charge is -2.29. The van der Waals surface area contributed by atoms with E-state index in [2.05, 4.69) is 5.32 Å². The number of ether oxygens (including phenoxy) is 1. The summed E-state index contributed by atoms with van der Waals surface area (Å²) in [6.45, 7) is 2.25. The molecule has 1 heterocycles. The molecule has 1 atom stereocenters. The molecule has 0 saturated carbocycles. The van der Waals surface area contributed by atoms with Crippen LogP contribution in [0, 0.1) is 6.92 Å². The van der Waals surface area contributed by atoms with E-state index in [0.717, 1.165) is 5.56 Å². The van der Waals surface area contributed by atoms with Crippen LogP contribution in [0.3, 0.4) is 0 Å². The number of benzene rings is 2. The van der Waals surface area contributed by atoms with Crippen LogP contribution in [0.5, 0.6) is 5.75 Å². The van der Waals surface area contributed by atoms with Crippen LogP contribution in [0.4, 0.5) is 0 Å². The zero-order chi connectivity index (χ0) is 18.7. The molecule has 1 saturated heterocycles. The van der Waals surface area contributed by atoms with Crippen LogP contribution in [0.1, 0.15) is 23.6 Å². The normalized spacial score (nSPS) is 18.8. The van der Waals surface area contributed by atoms with E-state index >= 15 is 0 Å². The number of carbonyl (C=O) groups excluding carboxylic acids is 1. The van der Waals surface area contributed by atoms with Crippen molar-refractivity contribution in [3.05, 3.63) is 59.7 Å². The molecule has 0 bridgehead atoms. The molecule has 1 unspecified atom stereocenters. The van der Waals surface area contributed by atoms with Crippen LogP contribution in [-0.2, 0) is 14.8 Å². The lowest BCUT2D eigenvalue weighted by molar-refractivity contribution is -0.121. The first-order valence-electron chi connectivity index (χ1n) is 8.41. The summed E-state index contributed by atoms with van der Waals surface area (Å²) in [6, 6.07) is 13.6. The van der Waals surface area contributed by atoms with Crippen molar-refractivity contribution in [2.24, 2.45) is 0 Å². The van der Waals surface area contributed by atoms with Crippen molar-refractivity contribution in [2.45, 2.75) is 24.3 Å². The Morgan fingerprint density at radius 1 is 1.15 bits per heavy atom. The third-order valence-corrected chi connectivity index (χ3v) is 6.60. The number of methoxy groups -OCH3 is 1. The molecule has 1 aliphatic heterocycles. The van der Waals surface area contributed by atoms with Crippen LogP contribution in [0.2, 0.25) is 0 Å². The van der Waals surface area contributed by atoms with Gasteiger partial charge in [0.2, 0.25) is 15.9 Å². The monoisotopic (exact) mass is 374 g/mol. The van der Waals surface area contributed by atoms with Gasteiger partial charge in [0.05, 0.1) is 18.0 Å². The van der Waals surface area contributed by atoms with E-state index in [-0.39, 0.29) is 30.3 Å². The van der Waals surface area contributed by atoms with Crippen LogP contribution in [-0.4, -0.2) is 38.8 Å². The van der Waals surface area contributed by atoms with Crippen molar-refractivity contribution < 1.29 is 17.9 Å². The van der Waals surface area contributed by atoms with Crippen molar-refractivity contribution >= 4 is 15.9 Å². The smallest absolute Gasteiger partial charge is 0.243 e. The number of hydrogen-bond acceptors (Lipinski definition) is 4. The van der Waals surface area contributed by atoms with Gasteiger partial charge < -0.3 is 10.1 Å². The first-order chi connectivity index (χ1) is 12.4. The van der Waals surface area contributed by atoms with Crippen LogP contribution >= 0.6 is 0 Å². The number of hydrogen-bond donors (Lipinski definition) is 1. The Labute approximate surface area is 153 Å². The molecule has 6 nitrogen and oxygen atoms in total. The summed E-state index contributed by atoms with van der Waals surface area (Å²) < 4.78 is 33.4. The van der Waals surface area contributed by atoms with Gasteiger partial charge in [-0.05, 0) is 36.2 Å². The highest BCUT2D eigenvalue weighted by Crippen LogP contribution is 2.33. The lowest BCUT2D eigenvalue weighted by atomic mass is 10.0. The molecular weight excluding hydrogens is 352 g/mol. The van der Waals surface area contributed by atoms with Crippen molar-refractivity contribution in [1.29, 1.82) is 0 Å². The number of carbonyl (C=O) groups is 1. The van der Waals surface area contributed by atoms with E-state index in [0.29, 0.717) is 11.3 Å². The zero-order valence-corrected chi connectivity index (χ0v) is 15.6. The molecule has 2 aromatic carbocycles. The standard InChI is InChI=1S/C19H22N2O4S/c1-14-12-16(25-2)8-9-18(14)26(23,24)21-11-10-20-19(22)13-17(21)15-6-4-3-5-7-15/h3-9,12,17H,10-11,13H2,1-2H3,(H,20,22). The molecule has 1 fully saturated rings. The number of nitrogens with zero attached hydrogens (tertiary/aromatic N) is 1. The quantitative estimate of drug-likeness (QED) is 0.891. The number of rotatable bonds is 4. The molecule has 1 aliphatic rings. The third kappa shape index (κ3) is 3.59. The molecule has 0 spiro atoms. The van der Waals surface area contributed by atoms with Gasteiger partial charge in [0, 0.05) is 19.5 Å². The molecular formula is C19H22N2O4S. The molecule has 7 heteroatoms. The second-order valence-corrected chi connectivity index (χ2v) is 8.09. The molecule has 0 aromatic heterocycles. The summed E-state index contributed by atoms with van der Waals surface area (Å²) >= 11 is 0. The third-order valence-electron chi connectivity index (χ3n) is 4.53. The summed E-state index contributed by atoms with van der Waals surface area (Å²) in [5.74, 6) is 0.455. The fraction of sp³-hybridized carbons (Fsp3) is 0.316. The topological polar surface area (TPSA) is 75.7 Å². The molecule has 1 amide bonds.